The van der Waals surface area contributed by atoms with Crippen LogP contribution in [0.1, 0.15) is 38.7 Å². The van der Waals surface area contributed by atoms with E-state index in [-0.39, 0.29) is 11.9 Å². The van der Waals surface area contributed by atoms with E-state index in [0.29, 0.717) is 5.92 Å². The van der Waals surface area contributed by atoms with Crippen LogP contribution in [0.5, 0.6) is 5.75 Å². The van der Waals surface area contributed by atoms with Crippen LogP contribution in [0.4, 0.5) is 0 Å². The van der Waals surface area contributed by atoms with Crippen molar-refractivity contribution in [1.29, 1.82) is 0 Å². The van der Waals surface area contributed by atoms with Gasteiger partial charge in [0.05, 0.1) is 12.5 Å². The first-order valence-electron chi connectivity index (χ1n) is 10.3. The summed E-state index contributed by atoms with van der Waals surface area (Å²) in [5, 5.41) is 0. The Morgan fingerprint density at radius 3 is 2.59 bits per heavy atom. The summed E-state index contributed by atoms with van der Waals surface area (Å²) in [7, 11) is 3.40. The minimum Gasteiger partial charge on any atom is -0.497 e. The Bertz CT molecular complexity index is 986. The second-order valence-corrected chi connectivity index (χ2v) is 8.38. The fourth-order valence-corrected chi connectivity index (χ4v) is 5.03. The van der Waals surface area contributed by atoms with Crippen molar-refractivity contribution >= 4 is 11.9 Å². The molecular formula is C24H29N3O2. The third-order valence-electron chi connectivity index (χ3n) is 6.81. The third kappa shape index (κ3) is 2.83. The molecule has 3 atom stereocenters. The van der Waals surface area contributed by atoms with E-state index in [1.807, 2.05) is 24.3 Å². The predicted octanol–water partition coefficient (Wildman–Crippen LogP) is 4.17. The lowest BCUT2D eigenvalue weighted by atomic mass is 9.72. The Labute approximate surface area is 172 Å². The van der Waals surface area contributed by atoms with E-state index in [1.165, 1.54) is 4.90 Å². The zero-order valence-corrected chi connectivity index (χ0v) is 17.6. The van der Waals surface area contributed by atoms with Gasteiger partial charge in [0, 0.05) is 7.05 Å². The highest BCUT2D eigenvalue weighted by Crippen LogP contribution is 2.68. The number of carbonyl (C=O) groups is 1. The number of nitrogens with zero attached hydrogens (tertiary/aromatic N) is 2. The molecule has 1 unspecified atom stereocenters. The Kier molecular flexibility index (Phi) is 4.64. The number of nitrogens with two attached hydrogens (primary N) is 1. The third-order valence-corrected chi connectivity index (χ3v) is 6.81. The van der Waals surface area contributed by atoms with E-state index < -0.39 is 11.0 Å². The van der Waals surface area contributed by atoms with Crippen molar-refractivity contribution in [2.45, 2.75) is 38.6 Å². The van der Waals surface area contributed by atoms with Gasteiger partial charge < -0.3 is 10.5 Å². The van der Waals surface area contributed by atoms with Gasteiger partial charge in [-0.05, 0) is 60.6 Å². The quantitative estimate of drug-likeness (QED) is 0.832. The van der Waals surface area contributed by atoms with Crippen LogP contribution in [-0.2, 0) is 10.3 Å². The van der Waals surface area contributed by atoms with Gasteiger partial charge in [0.1, 0.15) is 11.3 Å². The smallest absolute Gasteiger partial charge is 0.238 e. The van der Waals surface area contributed by atoms with E-state index in [4.69, 9.17) is 15.5 Å². The Balaban J connectivity index is 1.83. The molecule has 2 aromatic rings. The molecule has 1 spiro atoms. The first-order chi connectivity index (χ1) is 13.9. The number of benzene rings is 2. The maximum atomic E-state index is 13.4. The van der Waals surface area contributed by atoms with E-state index >= 15 is 0 Å². The molecular weight excluding hydrogens is 362 g/mol. The molecule has 0 saturated heterocycles. The zero-order chi connectivity index (χ0) is 20.8. The van der Waals surface area contributed by atoms with Gasteiger partial charge in [-0.3, -0.25) is 9.69 Å². The minimum absolute atomic E-state index is 0.0951. The molecule has 2 N–H and O–H groups in total. The molecule has 0 radical (unpaired) electrons. The second kappa shape index (κ2) is 6.90. The highest BCUT2D eigenvalue weighted by molar-refractivity contribution is 6.03. The number of ether oxygens (including phenoxy) is 1. The number of rotatable bonds is 5. The summed E-state index contributed by atoms with van der Waals surface area (Å²) in [6.45, 7) is 4.24. The summed E-state index contributed by atoms with van der Waals surface area (Å²) < 4.78 is 5.38. The van der Waals surface area contributed by atoms with Crippen LogP contribution in [0, 0.1) is 11.3 Å². The maximum absolute atomic E-state index is 13.4. The van der Waals surface area contributed by atoms with Crippen molar-refractivity contribution in [2.24, 2.45) is 22.1 Å². The zero-order valence-electron chi connectivity index (χ0n) is 17.6. The lowest BCUT2D eigenvalue weighted by Gasteiger charge is -2.42. The predicted molar refractivity (Wildman–Crippen MR) is 116 cm³/mol. The number of methoxy groups -OCH3 is 1. The van der Waals surface area contributed by atoms with Crippen molar-refractivity contribution in [1.82, 2.24) is 4.90 Å². The van der Waals surface area contributed by atoms with Crippen LogP contribution >= 0.6 is 0 Å². The van der Waals surface area contributed by atoms with Crippen molar-refractivity contribution in [3.8, 4) is 16.9 Å². The number of carbonyl (C=O) groups excluding carboxylic acids is 1. The van der Waals surface area contributed by atoms with Crippen molar-refractivity contribution < 1.29 is 9.53 Å². The molecule has 1 amide bonds. The highest BCUT2D eigenvalue weighted by Gasteiger charge is 2.72. The average Bonchev–Trinajstić information content (AvgIpc) is 3.47. The Morgan fingerprint density at radius 2 is 1.90 bits per heavy atom. The molecule has 5 heteroatoms. The minimum atomic E-state index is -0.671. The summed E-state index contributed by atoms with van der Waals surface area (Å²) in [5.41, 5.74) is 8.17. The molecule has 1 aliphatic carbocycles. The normalized spacial score (nSPS) is 28.4. The van der Waals surface area contributed by atoms with Gasteiger partial charge in [-0.1, -0.05) is 43.7 Å². The van der Waals surface area contributed by atoms with E-state index in [0.717, 1.165) is 41.7 Å². The highest BCUT2D eigenvalue weighted by atomic mass is 16.5. The summed E-state index contributed by atoms with van der Waals surface area (Å²) in [4.78, 5) is 19.8. The Morgan fingerprint density at radius 1 is 1.21 bits per heavy atom. The van der Waals surface area contributed by atoms with Gasteiger partial charge in [-0.15, -0.1) is 0 Å². The molecule has 1 saturated carbocycles. The molecule has 5 nitrogen and oxygen atoms in total. The van der Waals surface area contributed by atoms with Crippen molar-refractivity contribution in [3.05, 3.63) is 54.1 Å². The fraction of sp³-hybridized carbons (Fsp3) is 0.417. The molecule has 152 valence electrons. The molecule has 1 heterocycles. The van der Waals surface area contributed by atoms with E-state index in [2.05, 4.69) is 38.1 Å². The van der Waals surface area contributed by atoms with Gasteiger partial charge in [0.15, 0.2) is 5.96 Å². The topological polar surface area (TPSA) is 67.9 Å². The SMILES string of the molecule is CCC[C@H]1CC12C(=O)N(C)C(N)=N[C@]2(C)c1cccc(-c2cccc(OC)c2)c1. The lowest BCUT2D eigenvalue weighted by molar-refractivity contribution is -0.137. The van der Waals surface area contributed by atoms with E-state index in [9.17, 15) is 4.79 Å². The van der Waals surface area contributed by atoms with Crippen LogP contribution < -0.4 is 10.5 Å². The van der Waals surface area contributed by atoms with Gasteiger partial charge in [0.25, 0.3) is 0 Å². The summed E-state index contributed by atoms with van der Waals surface area (Å²) >= 11 is 0. The lowest BCUT2D eigenvalue weighted by Crippen LogP contribution is -2.56. The molecule has 29 heavy (non-hydrogen) atoms. The van der Waals surface area contributed by atoms with Gasteiger partial charge in [-0.2, -0.15) is 0 Å². The summed E-state index contributed by atoms with van der Waals surface area (Å²) in [6, 6.07) is 16.3. The number of hydrogen-bond acceptors (Lipinski definition) is 4. The molecule has 4 rings (SSSR count). The second-order valence-electron chi connectivity index (χ2n) is 8.38. The Hall–Kier alpha value is -2.82. The molecule has 1 fully saturated rings. The molecule has 0 bridgehead atoms. The first kappa shape index (κ1) is 19.5. The van der Waals surface area contributed by atoms with E-state index in [1.54, 1.807) is 14.2 Å². The standard InChI is InChI=1S/C24H29N3O2/c1-5-8-19-15-24(19)21(28)27(3)22(25)26-23(24,2)18-11-6-9-16(13-18)17-10-7-12-20(14-17)29-4/h6-7,9-14,19H,5,8,15H2,1-4H3,(H2,25,26)/t19-,23+,24?/m0/s1. The number of hydrogen-bond donors (Lipinski definition) is 1. The molecule has 0 aromatic heterocycles. The van der Waals surface area contributed by atoms with Crippen LogP contribution in [-0.4, -0.2) is 30.9 Å². The van der Waals surface area contributed by atoms with Crippen LogP contribution in [0.15, 0.2) is 53.5 Å². The monoisotopic (exact) mass is 391 g/mol. The molecule has 2 aliphatic rings. The molecule has 2 aromatic carbocycles. The largest absolute Gasteiger partial charge is 0.497 e. The van der Waals surface area contributed by atoms with Gasteiger partial charge >= 0.3 is 0 Å². The number of amides is 1. The first-order valence-corrected chi connectivity index (χ1v) is 10.3. The molecule has 1 aliphatic heterocycles. The van der Waals surface area contributed by atoms with Crippen LogP contribution in [0.3, 0.4) is 0 Å². The van der Waals surface area contributed by atoms with Crippen molar-refractivity contribution in [3.63, 3.8) is 0 Å². The van der Waals surface area contributed by atoms with Crippen LogP contribution in [0.2, 0.25) is 0 Å². The average molecular weight is 392 g/mol. The van der Waals surface area contributed by atoms with Crippen LogP contribution in [0.25, 0.3) is 11.1 Å². The van der Waals surface area contributed by atoms with Gasteiger partial charge in [-0.25, -0.2) is 4.99 Å². The summed E-state index contributed by atoms with van der Waals surface area (Å²) in [6.07, 6.45) is 2.95. The maximum Gasteiger partial charge on any atom is 0.238 e. The van der Waals surface area contributed by atoms with Gasteiger partial charge in [0.2, 0.25) is 5.91 Å². The number of guanidine groups is 1. The van der Waals surface area contributed by atoms with Crippen molar-refractivity contribution in [2.75, 3.05) is 14.2 Å². The fourth-order valence-electron chi connectivity index (χ4n) is 5.03. The number of aliphatic imine (C=N–C) groups is 1. The summed E-state index contributed by atoms with van der Waals surface area (Å²) in [5.74, 6) is 1.54.